The minimum atomic E-state index is 0.107. The lowest BCUT2D eigenvalue weighted by molar-refractivity contribution is 0.590. The van der Waals surface area contributed by atoms with Crippen LogP contribution in [0.4, 0.5) is 0 Å². The van der Waals surface area contributed by atoms with Gasteiger partial charge < -0.3 is 0 Å². The number of hydrogen-bond donors (Lipinski definition) is 0. The first-order chi connectivity index (χ1) is 10.9. The summed E-state index contributed by atoms with van der Waals surface area (Å²) in [7, 11) is 0. The van der Waals surface area contributed by atoms with Gasteiger partial charge in [0.25, 0.3) is 0 Å². The summed E-state index contributed by atoms with van der Waals surface area (Å²) >= 11 is 0. The van der Waals surface area contributed by atoms with Crippen LogP contribution in [0.25, 0.3) is 11.1 Å². The number of allylic oxidation sites excluding steroid dienone is 4. The lowest BCUT2D eigenvalue weighted by Crippen LogP contribution is -2.19. The molecule has 0 saturated heterocycles. The zero-order valence-corrected chi connectivity index (χ0v) is 14.6. The summed E-state index contributed by atoms with van der Waals surface area (Å²) in [6.45, 7) is 9.08. The Kier molecular flexibility index (Phi) is 4.02. The Morgan fingerprint density at radius 2 is 1.61 bits per heavy atom. The van der Waals surface area contributed by atoms with E-state index in [1.54, 1.807) is 0 Å². The SMILES string of the molecule is CC(C)(C)c1ccc(-c2cccc(C3(C)C=CC=CC3)c2)cc1. The number of benzene rings is 2. The molecule has 2 aromatic carbocycles. The summed E-state index contributed by atoms with van der Waals surface area (Å²) in [4.78, 5) is 0. The molecule has 3 rings (SSSR count). The lowest BCUT2D eigenvalue weighted by Gasteiger charge is -2.27. The highest BCUT2D eigenvalue weighted by atomic mass is 14.3. The summed E-state index contributed by atoms with van der Waals surface area (Å²) < 4.78 is 0. The van der Waals surface area contributed by atoms with Gasteiger partial charge in [-0.1, -0.05) is 101 Å². The predicted molar refractivity (Wildman–Crippen MR) is 101 cm³/mol. The topological polar surface area (TPSA) is 0 Å². The fraction of sp³-hybridized carbons (Fsp3) is 0.304. The van der Waals surface area contributed by atoms with Gasteiger partial charge in [-0.2, -0.15) is 0 Å². The maximum atomic E-state index is 2.34. The molecule has 0 nitrogen and oxygen atoms in total. The average Bonchev–Trinajstić information content (AvgIpc) is 2.55. The van der Waals surface area contributed by atoms with Gasteiger partial charge >= 0.3 is 0 Å². The Morgan fingerprint density at radius 1 is 0.870 bits per heavy atom. The molecule has 0 N–H and O–H groups in total. The summed E-state index contributed by atoms with van der Waals surface area (Å²) in [5, 5.41) is 0. The predicted octanol–water partition coefficient (Wildman–Crippen LogP) is 6.42. The third-order valence-corrected chi connectivity index (χ3v) is 4.86. The third kappa shape index (κ3) is 3.32. The molecule has 0 aliphatic heterocycles. The van der Waals surface area contributed by atoms with Crippen LogP contribution in [0.15, 0.2) is 72.8 Å². The molecule has 0 heteroatoms. The molecule has 0 radical (unpaired) electrons. The van der Waals surface area contributed by atoms with E-state index >= 15 is 0 Å². The minimum absolute atomic E-state index is 0.107. The first-order valence-corrected chi connectivity index (χ1v) is 8.44. The largest absolute Gasteiger partial charge is 0.0834 e. The zero-order chi connectivity index (χ0) is 16.5. The van der Waals surface area contributed by atoms with Gasteiger partial charge in [0, 0.05) is 5.41 Å². The van der Waals surface area contributed by atoms with Crippen molar-refractivity contribution in [3.05, 3.63) is 84.0 Å². The van der Waals surface area contributed by atoms with Gasteiger partial charge in [-0.15, -0.1) is 0 Å². The second kappa shape index (κ2) is 5.85. The van der Waals surface area contributed by atoms with Crippen molar-refractivity contribution in [2.75, 3.05) is 0 Å². The van der Waals surface area contributed by atoms with Gasteiger partial charge in [0.15, 0.2) is 0 Å². The van der Waals surface area contributed by atoms with E-state index < -0.39 is 0 Å². The first kappa shape index (κ1) is 15.8. The van der Waals surface area contributed by atoms with E-state index in [1.165, 1.54) is 22.3 Å². The van der Waals surface area contributed by atoms with Gasteiger partial charge in [0.05, 0.1) is 0 Å². The summed E-state index contributed by atoms with van der Waals surface area (Å²) in [5.41, 5.74) is 5.66. The van der Waals surface area contributed by atoms with Crippen LogP contribution in [0.5, 0.6) is 0 Å². The molecule has 0 bridgehead atoms. The molecular formula is C23H26. The molecule has 118 valence electrons. The van der Waals surface area contributed by atoms with Crippen molar-refractivity contribution in [1.82, 2.24) is 0 Å². The fourth-order valence-electron chi connectivity index (χ4n) is 3.16. The highest BCUT2D eigenvalue weighted by Crippen LogP contribution is 2.34. The minimum Gasteiger partial charge on any atom is -0.0834 e. The molecule has 0 fully saturated rings. The lowest BCUT2D eigenvalue weighted by atomic mass is 9.76. The number of hydrogen-bond acceptors (Lipinski definition) is 0. The van der Waals surface area contributed by atoms with E-state index in [2.05, 4.69) is 101 Å². The van der Waals surface area contributed by atoms with Crippen molar-refractivity contribution in [3.8, 4) is 11.1 Å². The van der Waals surface area contributed by atoms with E-state index in [-0.39, 0.29) is 10.8 Å². The highest BCUT2D eigenvalue weighted by molar-refractivity contribution is 5.65. The molecule has 1 unspecified atom stereocenters. The van der Waals surface area contributed by atoms with Gasteiger partial charge in [-0.05, 0) is 34.1 Å². The van der Waals surface area contributed by atoms with Crippen LogP contribution in [0, 0.1) is 0 Å². The zero-order valence-electron chi connectivity index (χ0n) is 14.6. The van der Waals surface area contributed by atoms with E-state index in [0.29, 0.717) is 0 Å². The van der Waals surface area contributed by atoms with Crippen LogP contribution < -0.4 is 0 Å². The average molecular weight is 302 g/mol. The fourth-order valence-corrected chi connectivity index (χ4v) is 3.16. The maximum absolute atomic E-state index is 2.34. The van der Waals surface area contributed by atoms with E-state index in [1.807, 2.05) is 0 Å². The first-order valence-electron chi connectivity index (χ1n) is 8.44. The summed E-state index contributed by atoms with van der Waals surface area (Å²) in [6.07, 6.45) is 9.93. The van der Waals surface area contributed by atoms with E-state index in [0.717, 1.165) is 6.42 Å². The second-order valence-corrected chi connectivity index (χ2v) is 7.82. The third-order valence-electron chi connectivity index (χ3n) is 4.86. The molecule has 0 aromatic heterocycles. The Labute approximate surface area is 140 Å². The van der Waals surface area contributed by atoms with Crippen LogP contribution in [0.2, 0.25) is 0 Å². The summed E-state index contributed by atoms with van der Waals surface area (Å²) in [6, 6.07) is 18.0. The molecule has 23 heavy (non-hydrogen) atoms. The quantitative estimate of drug-likeness (QED) is 0.600. The van der Waals surface area contributed by atoms with Crippen LogP contribution >= 0.6 is 0 Å². The van der Waals surface area contributed by atoms with Gasteiger partial charge in [0.1, 0.15) is 0 Å². The van der Waals surface area contributed by atoms with Crippen molar-refractivity contribution in [2.24, 2.45) is 0 Å². The molecule has 1 atom stereocenters. The van der Waals surface area contributed by atoms with Crippen LogP contribution in [-0.4, -0.2) is 0 Å². The van der Waals surface area contributed by atoms with E-state index in [4.69, 9.17) is 0 Å². The van der Waals surface area contributed by atoms with Gasteiger partial charge in [-0.3, -0.25) is 0 Å². The second-order valence-electron chi connectivity index (χ2n) is 7.82. The van der Waals surface area contributed by atoms with Crippen molar-refractivity contribution >= 4 is 0 Å². The Balaban J connectivity index is 1.94. The Hall–Kier alpha value is -2.08. The van der Waals surface area contributed by atoms with Gasteiger partial charge in [0.2, 0.25) is 0 Å². The Bertz CT molecular complexity index is 738. The van der Waals surface area contributed by atoms with Gasteiger partial charge in [-0.25, -0.2) is 0 Å². The van der Waals surface area contributed by atoms with E-state index in [9.17, 15) is 0 Å². The molecule has 0 saturated carbocycles. The van der Waals surface area contributed by atoms with Crippen LogP contribution in [0.1, 0.15) is 45.2 Å². The molecule has 0 spiro atoms. The standard InChI is InChI=1S/C23H26/c1-22(2,3)20-13-11-18(12-14-20)19-9-8-10-21(17-19)23(4)15-6-5-7-16-23/h5-15,17H,16H2,1-4H3. The molecular weight excluding hydrogens is 276 g/mol. The number of rotatable bonds is 2. The monoisotopic (exact) mass is 302 g/mol. The smallest absolute Gasteiger partial charge is 0.0141 e. The highest BCUT2D eigenvalue weighted by Gasteiger charge is 2.23. The van der Waals surface area contributed by atoms with Crippen LogP contribution in [-0.2, 0) is 10.8 Å². The Morgan fingerprint density at radius 3 is 2.22 bits per heavy atom. The molecule has 1 aliphatic carbocycles. The molecule has 0 amide bonds. The van der Waals surface area contributed by atoms with Crippen molar-refractivity contribution in [1.29, 1.82) is 0 Å². The van der Waals surface area contributed by atoms with Crippen LogP contribution in [0.3, 0.4) is 0 Å². The van der Waals surface area contributed by atoms with Crippen molar-refractivity contribution in [2.45, 2.75) is 44.9 Å². The maximum Gasteiger partial charge on any atom is 0.0141 e. The molecule has 2 aromatic rings. The summed E-state index contributed by atoms with van der Waals surface area (Å²) in [5.74, 6) is 0. The molecule has 0 heterocycles. The normalized spacial score (nSPS) is 20.7. The van der Waals surface area contributed by atoms with Crippen molar-refractivity contribution in [3.63, 3.8) is 0 Å². The van der Waals surface area contributed by atoms with Crippen molar-refractivity contribution < 1.29 is 0 Å². The molecule has 1 aliphatic rings.